The van der Waals surface area contributed by atoms with E-state index in [9.17, 15) is 21.6 Å². The van der Waals surface area contributed by atoms with Crippen LogP contribution < -0.4 is 10.5 Å². The minimum absolute atomic E-state index is 0.00276. The largest absolute Gasteiger partial charge is 0.374 e. The summed E-state index contributed by atoms with van der Waals surface area (Å²) in [4.78, 5) is -0.225. The van der Waals surface area contributed by atoms with E-state index in [0.29, 0.717) is 5.56 Å². The van der Waals surface area contributed by atoms with E-state index in [1.54, 1.807) is 0 Å². The van der Waals surface area contributed by atoms with Crippen molar-refractivity contribution in [2.24, 2.45) is 5.73 Å². The number of halogens is 3. The summed E-state index contributed by atoms with van der Waals surface area (Å²) in [5.41, 5.74) is 5.68. The Bertz CT molecular complexity index is 579. The molecule has 120 valence electrons. The molecule has 0 spiro atoms. The Kier molecular flexibility index (Phi) is 6.59. The Labute approximate surface area is 121 Å². The molecule has 3 N–H and O–H groups in total. The number of hydrogen-bond acceptors (Lipinski definition) is 4. The highest BCUT2D eigenvalue weighted by Gasteiger charge is 2.19. The van der Waals surface area contributed by atoms with E-state index in [-0.39, 0.29) is 30.2 Å². The number of sulfonamides is 1. The Morgan fingerprint density at radius 1 is 1.38 bits per heavy atom. The molecule has 1 aromatic carbocycles. The first-order valence-corrected chi connectivity index (χ1v) is 7.61. The number of ether oxygens (including phenoxy) is 1. The minimum atomic E-state index is -3.96. The summed E-state index contributed by atoms with van der Waals surface area (Å²) in [5.74, 6) is -0.674. The van der Waals surface area contributed by atoms with Crippen LogP contribution in [0.25, 0.3) is 0 Å². The second-order valence-electron chi connectivity index (χ2n) is 4.27. The Hall–Kier alpha value is -1.16. The molecule has 5 nitrogen and oxygen atoms in total. The summed E-state index contributed by atoms with van der Waals surface area (Å²) in [6.07, 6.45) is -2.61. The molecule has 1 aromatic rings. The van der Waals surface area contributed by atoms with Gasteiger partial charge in [0.25, 0.3) is 6.43 Å². The van der Waals surface area contributed by atoms with Crippen LogP contribution in [-0.4, -0.2) is 34.6 Å². The first-order chi connectivity index (χ1) is 9.77. The van der Waals surface area contributed by atoms with Crippen molar-refractivity contribution in [3.8, 4) is 0 Å². The molecule has 9 heteroatoms. The van der Waals surface area contributed by atoms with Crippen LogP contribution in [0.5, 0.6) is 0 Å². The van der Waals surface area contributed by atoms with Gasteiger partial charge in [-0.15, -0.1) is 0 Å². The fourth-order valence-corrected chi connectivity index (χ4v) is 2.92. The standard InChI is InChI=1S/C12H17F3N2O3S/c1-8-10(13)4-9(6-16)5-11(8)21(18,19)17-2-3-20-7-12(14)15/h4-5,12,17H,2-3,6-7,16H2,1H3. The molecular weight excluding hydrogens is 309 g/mol. The van der Waals surface area contributed by atoms with E-state index >= 15 is 0 Å². The normalized spacial score (nSPS) is 12.1. The summed E-state index contributed by atoms with van der Waals surface area (Å²) < 4.78 is 68.1. The average molecular weight is 326 g/mol. The molecule has 0 radical (unpaired) electrons. The van der Waals surface area contributed by atoms with Crippen LogP contribution in [0.15, 0.2) is 17.0 Å². The number of alkyl halides is 2. The van der Waals surface area contributed by atoms with Gasteiger partial charge in [0, 0.05) is 18.7 Å². The van der Waals surface area contributed by atoms with Crippen LogP contribution in [0.4, 0.5) is 13.2 Å². The highest BCUT2D eigenvalue weighted by Crippen LogP contribution is 2.20. The van der Waals surface area contributed by atoms with Crippen molar-refractivity contribution in [2.75, 3.05) is 19.8 Å². The monoisotopic (exact) mass is 326 g/mol. The third kappa shape index (κ3) is 5.27. The summed E-state index contributed by atoms with van der Waals surface area (Å²) in [6.45, 7) is 0.164. The van der Waals surface area contributed by atoms with Crippen molar-refractivity contribution in [1.82, 2.24) is 4.72 Å². The van der Waals surface area contributed by atoms with E-state index in [2.05, 4.69) is 9.46 Å². The molecule has 0 aliphatic carbocycles. The van der Waals surface area contributed by atoms with E-state index in [1.807, 2.05) is 0 Å². The molecule has 0 amide bonds. The maximum Gasteiger partial charge on any atom is 0.261 e. The number of nitrogens with one attached hydrogen (secondary N) is 1. The fraction of sp³-hybridized carbons (Fsp3) is 0.500. The highest BCUT2D eigenvalue weighted by atomic mass is 32.2. The maximum atomic E-state index is 13.6. The SMILES string of the molecule is Cc1c(F)cc(CN)cc1S(=O)(=O)NCCOCC(F)F. The molecule has 0 aromatic heterocycles. The van der Waals surface area contributed by atoms with Crippen LogP contribution in [0.2, 0.25) is 0 Å². The summed E-state index contributed by atoms with van der Waals surface area (Å²) >= 11 is 0. The zero-order valence-corrected chi connectivity index (χ0v) is 12.2. The van der Waals surface area contributed by atoms with Gasteiger partial charge in [0.1, 0.15) is 12.4 Å². The van der Waals surface area contributed by atoms with Gasteiger partial charge in [-0.3, -0.25) is 0 Å². The first-order valence-electron chi connectivity index (χ1n) is 6.12. The molecule has 0 atom stereocenters. The van der Waals surface area contributed by atoms with Crippen LogP contribution >= 0.6 is 0 Å². The van der Waals surface area contributed by atoms with E-state index in [1.165, 1.54) is 19.1 Å². The second-order valence-corrected chi connectivity index (χ2v) is 6.00. The molecule has 0 unspecified atom stereocenters. The van der Waals surface area contributed by atoms with Crippen LogP contribution in [-0.2, 0) is 21.3 Å². The summed E-state index contributed by atoms with van der Waals surface area (Å²) in [6, 6.07) is 2.45. The van der Waals surface area contributed by atoms with Crippen molar-refractivity contribution < 1.29 is 26.3 Å². The van der Waals surface area contributed by atoms with E-state index in [0.717, 1.165) is 0 Å². The Balaban J connectivity index is 2.76. The lowest BCUT2D eigenvalue weighted by molar-refractivity contribution is 0.0199. The summed E-state index contributed by atoms with van der Waals surface area (Å²) in [5, 5.41) is 0. The van der Waals surface area contributed by atoms with Gasteiger partial charge in [-0.25, -0.2) is 26.3 Å². The molecule has 0 saturated heterocycles. The van der Waals surface area contributed by atoms with Crippen LogP contribution in [0.3, 0.4) is 0 Å². The minimum Gasteiger partial charge on any atom is -0.374 e. The molecule has 21 heavy (non-hydrogen) atoms. The molecule has 0 aliphatic heterocycles. The van der Waals surface area contributed by atoms with Crippen molar-refractivity contribution in [3.05, 3.63) is 29.1 Å². The molecule has 0 aliphatic rings. The van der Waals surface area contributed by atoms with Crippen LogP contribution in [0.1, 0.15) is 11.1 Å². The van der Waals surface area contributed by atoms with E-state index in [4.69, 9.17) is 5.73 Å². The first kappa shape index (κ1) is 17.9. The van der Waals surface area contributed by atoms with Gasteiger partial charge in [0.2, 0.25) is 10.0 Å². The van der Waals surface area contributed by atoms with Crippen LogP contribution in [0, 0.1) is 12.7 Å². The topological polar surface area (TPSA) is 81.4 Å². The quantitative estimate of drug-likeness (QED) is 0.702. The zero-order valence-electron chi connectivity index (χ0n) is 11.4. The van der Waals surface area contributed by atoms with Gasteiger partial charge >= 0.3 is 0 Å². The van der Waals surface area contributed by atoms with Gasteiger partial charge in [-0.1, -0.05) is 0 Å². The number of hydrogen-bond donors (Lipinski definition) is 2. The average Bonchev–Trinajstić information content (AvgIpc) is 2.40. The Morgan fingerprint density at radius 3 is 2.62 bits per heavy atom. The van der Waals surface area contributed by atoms with Gasteiger partial charge in [-0.2, -0.15) is 0 Å². The molecule has 0 fully saturated rings. The molecule has 0 heterocycles. The van der Waals surface area contributed by atoms with Crippen molar-refractivity contribution in [3.63, 3.8) is 0 Å². The smallest absolute Gasteiger partial charge is 0.261 e. The predicted octanol–water partition coefficient (Wildman–Crippen LogP) is 1.15. The maximum absolute atomic E-state index is 13.6. The number of rotatable bonds is 8. The third-order valence-electron chi connectivity index (χ3n) is 2.66. The summed E-state index contributed by atoms with van der Waals surface area (Å²) in [7, 11) is -3.96. The lowest BCUT2D eigenvalue weighted by Gasteiger charge is -2.12. The highest BCUT2D eigenvalue weighted by molar-refractivity contribution is 7.89. The number of benzene rings is 1. The molecule has 0 bridgehead atoms. The Morgan fingerprint density at radius 2 is 2.05 bits per heavy atom. The molecule has 1 rings (SSSR count). The van der Waals surface area contributed by atoms with Gasteiger partial charge in [-0.05, 0) is 24.6 Å². The van der Waals surface area contributed by atoms with Gasteiger partial charge in [0.05, 0.1) is 11.5 Å². The lowest BCUT2D eigenvalue weighted by atomic mass is 10.1. The lowest BCUT2D eigenvalue weighted by Crippen LogP contribution is -2.29. The third-order valence-corrected chi connectivity index (χ3v) is 4.25. The molecule has 0 saturated carbocycles. The van der Waals surface area contributed by atoms with Gasteiger partial charge in [0.15, 0.2) is 0 Å². The number of nitrogens with two attached hydrogens (primary N) is 1. The fourth-order valence-electron chi connectivity index (χ4n) is 1.60. The van der Waals surface area contributed by atoms with Crippen molar-refractivity contribution in [2.45, 2.75) is 24.8 Å². The van der Waals surface area contributed by atoms with Crippen molar-refractivity contribution in [1.29, 1.82) is 0 Å². The zero-order chi connectivity index (χ0) is 16.0. The van der Waals surface area contributed by atoms with Crippen molar-refractivity contribution >= 4 is 10.0 Å². The van der Waals surface area contributed by atoms with Gasteiger partial charge < -0.3 is 10.5 Å². The predicted molar refractivity (Wildman–Crippen MR) is 71.0 cm³/mol. The second kappa shape index (κ2) is 7.74. The van der Waals surface area contributed by atoms with E-state index < -0.39 is 28.9 Å². The molecular formula is C12H17F3N2O3S.